The number of nitrogens with zero attached hydrogens (tertiary/aromatic N) is 1. The van der Waals surface area contributed by atoms with Crippen molar-refractivity contribution in [1.82, 2.24) is 4.90 Å². The second-order valence-electron chi connectivity index (χ2n) is 3.09. The van der Waals surface area contributed by atoms with E-state index in [-0.39, 0.29) is 0 Å². The lowest BCUT2D eigenvalue weighted by atomic mass is 10.2. The Morgan fingerprint density at radius 1 is 1.23 bits per heavy atom. The Bertz CT molecular complexity index is 256. The van der Waals surface area contributed by atoms with Crippen LogP contribution in [0.5, 0.6) is 0 Å². The highest BCUT2D eigenvalue weighted by molar-refractivity contribution is 6.30. The molecule has 0 fully saturated rings. The summed E-state index contributed by atoms with van der Waals surface area (Å²) in [5.41, 5.74) is 1.29. The van der Waals surface area contributed by atoms with Gasteiger partial charge in [0.25, 0.3) is 0 Å². The first kappa shape index (κ1) is 10.6. The van der Waals surface area contributed by atoms with Gasteiger partial charge in [0.05, 0.1) is 0 Å². The number of benzene rings is 1. The van der Waals surface area contributed by atoms with Crippen molar-refractivity contribution in [2.75, 3.05) is 13.1 Å². The van der Waals surface area contributed by atoms with Gasteiger partial charge in [-0.05, 0) is 30.8 Å². The number of hydrogen-bond acceptors (Lipinski definition) is 1. The molecular formula is C11H16ClN. The van der Waals surface area contributed by atoms with E-state index in [1.807, 2.05) is 18.2 Å². The molecule has 0 spiro atoms. The molecule has 1 aromatic rings. The van der Waals surface area contributed by atoms with Crippen LogP contribution in [0.2, 0.25) is 5.02 Å². The van der Waals surface area contributed by atoms with Crippen molar-refractivity contribution in [2.24, 2.45) is 0 Å². The van der Waals surface area contributed by atoms with E-state index in [2.05, 4.69) is 24.8 Å². The van der Waals surface area contributed by atoms with E-state index in [9.17, 15) is 0 Å². The summed E-state index contributed by atoms with van der Waals surface area (Å²) in [6.45, 7) is 7.52. The van der Waals surface area contributed by atoms with Crippen LogP contribution in [0.25, 0.3) is 0 Å². The largest absolute Gasteiger partial charge is 0.300 e. The van der Waals surface area contributed by atoms with E-state index < -0.39 is 0 Å². The lowest BCUT2D eigenvalue weighted by molar-refractivity contribution is 0.296. The Balaban J connectivity index is 2.62. The summed E-state index contributed by atoms with van der Waals surface area (Å²) in [7, 11) is 0. The second-order valence-corrected chi connectivity index (χ2v) is 3.53. The van der Waals surface area contributed by atoms with Gasteiger partial charge in [0.2, 0.25) is 0 Å². The lowest BCUT2D eigenvalue weighted by Crippen LogP contribution is -2.21. The van der Waals surface area contributed by atoms with Gasteiger partial charge >= 0.3 is 0 Å². The molecule has 13 heavy (non-hydrogen) atoms. The first-order valence-corrected chi connectivity index (χ1v) is 5.10. The van der Waals surface area contributed by atoms with E-state index in [1.165, 1.54) is 5.56 Å². The maximum Gasteiger partial charge on any atom is 0.0409 e. The Kier molecular flexibility index (Phi) is 4.26. The monoisotopic (exact) mass is 197 g/mol. The van der Waals surface area contributed by atoms with Gasteiger partial charge in [-0.25, -0.2) is 0 Å². The minimum atomic E-state index is 0.824. The van der Waals surface area contributed by atoms with E-state index in [0.717, 1.165) is 24.7 Å². The van der Waals surface area contributed by atoms with Crippen molar-refractivity contribution in [3.8, 4) is 0 Å². The maximum absolute atomic E-state index is 5.90. The highest BCUT2D eigenvalue weighted by Gasteiger charge is 2.00. The zero-order valence-corrected chi connectivity index (χ0v) is 9.01. The third-order valence-electron chi connectivity index (χ3n) is 2.19. The summed E-state index contributed by atoms with van der Waals surface area (Å²) >= 11 is 5.90. The van der Waals surface area contributed by atoms with Crippen molar-refractivity contribution in [3.63, 3.8) is 0 Å². The minimum Gasteiger partial charge on any atom is -0.300 e. The molecule has 1 aromatic carbocycles. The second kappa shape index (κ2) is 5.25. The highest BCUT2D eigenvalue weighted by Crippen LogP contribution is 2.12. The molecule has 0 amide bonds. The van der Waals surface area contributed by atoms with Gasteiger partial charge in [-0.3, -0.25) is 4.90 Å². The van der Waals surface area contributed by atoms with Gasteiger partial charge in [-0.15, -0.1) is 0 Å². The van der Waals surface area contributed by atoms with Crippen molar-refractivity contribution in [2.45, 2.75) is 20.4 Å². The predicted octanol–water partition coefficient (Wildman–Crippen LogP) is 3.18. The average molecular weight is 198 g/mol. The smallest absolute Gasteiger partial charge is 0.0409 e. The van der Waals surface area contributed by atoms with Crippen LogP contribution in [-0.4, -0.2) is 18.0 Å². The predicted molar refractivity (Wildman–Crippen MR) is 58.1 cm³/mol. The molecule has 0 saturated heterocycles. The molecular weight excluding hydrogens is 182 g/mol. The molecule has 0 aliphatic carbocycles. The molecule has 0 unspecified atom stereocenters. The quantitative estimate of drug-likeness (QED) is 0.717. The molecule has 0 radical (unpaired) electrons. The molecule has 72 valence electrons. The van der Waals surface area contributed by atoms with Gasteiger partial charge < -0.3 is 0 Å². The molecule has 2 heteroatoms. The van der Waals surface area contributed by atoms with Gasteiger partial charge in [-0.1, -0.05) is 37.6 Å². The average Bonchev–Trinajstić information content (AvgIpc) is 2.14. The molecule has 0 aromatic heterocycles. The third-order valence-corrected chi connectivity index (χ3v) is 2.42. The lowest BCUT2D eigenvalue weighted by Gasteiger charge is -2.17. The molecule has 0 aliphatic heterocycles. The molecule has 0 bridgehead atoms. The summed E-state index contributed by atoms with van der Waals surface area (Å²) in [6.07, 6.45) is 0. The summed E-state index contributed by atoms with van der Waals surface area (Å²) in [6, 6.07) is 8.05. The topological polar surface area (TPSA) is 3.24 Å². The molecule has 0 saturated carbocycles. The SMILES string of the molecule is CCN(CC)Cc1cccc(Cl)c1. The van der Waals surface area contributed by atoms with Gasteiger partial charge in [0.1, 0.15) is 0 Å². The van der Waals surface area contributed by atoms with Crippen molar-refractivity contribution in [1.29, 1.82) is 0 Å². The minimum absolute atomic E-state index is 0.824. The molecule has 0 aliphatic rings. The van der Waals surface area contributed by atoms with Gasteiger partial charge in [0, 0.05) is 11.6 Å². The summed E-state index contributed by atoms with van der Waals surface area (Å²) in [5.74, 6) is 0. The van der Waals surface area contributed by atoms with Gasteiger partial charge in [-0.2, -0.15) is 0 Å². The number of rotatable bonds is 4. The van der Waals surface area contributed by atoms with E-state index in [1.54, 1.807) is 0 Å². The first-order valence-electron chi connectivity index (χ1n) is 4.73. The summed E-state index contributed by atoms with van der Waals surface area (Å²) in [4.78, 5) is 2.37. The van der Waals surface area contributed by atoms with E-state index in [0.29, 0.717) is 0 Å². The fraction of sp³-hybridized carbons (Fsp3) is 0.455. The van der Waals surface area contributed by atoms with Crippen LogP contribution in [0.4, 0.5) is 0 Å². The van der Waals surface area contributed by atoms with Crippen molar-refractivity contribution < 1.29 is 0 Å². The molecule has 0 N–H and O–H groups in total. The van der Waals surface area contributed by atoms with E-state index >= 15 is 0 Å². The number of halogens is 1. The van der Waals surface area contributed by atoms with Crippen LogP contribution in [0.3, 0.4) is 0 Å². The molecule has 0 atom stereocenters. The molecule has 1 nitrogen and oxygen atoms in total. The zero-order chi connectivity index (χ0) is 9.68. The summed E-state index contributed by atoms with van der Waals surface area (Å²) < 4.78 is 0. The van der Waals surface area contributed by atoms with Crippen LogP contribution in [0.1, 0.15) is 19.4 Å². The fourth-order valence-corrected chi connectivity index (χ4v) is 1.55. The van der Waals surface area contributed by atoms with Crippen LogP contribution in [0.15, 0.2) is 24.3 Å². The summed E-state index contributed by atoms with van der Waals surface area (Å²) in [5, 5.41) is 0.824. The Hall–Kier alpha value is -0.530. The van der Waals surface area contributed by atoms with Crippen LogP contribution < -0.4 is 0 Å². The molecule has 0 heterocycles. The molecule has 1 rings (SSSR count). The Morgan fingerprint density at radius 2 is 1.92 bits per heavy atom. The normalized spacial score (nSPS) is 10.8. The van der Waals surface area contributed by atoms with Crippen molar-refractivity contribution >= 4 is 11.6 Å². The van der Waals surface area contributed by atoms with Gasteiger partial charge in [0.15, 0.2) is 0 Å². The van der Waals surface area contributed by atoms with Crippen LogP contribution in [-0.2, 0) is 6.54 Å². The van der Waals surface area contributed by atoms with E-state index in [4.69, 9.17) is 11.6 Å². The first-order chi connectivity index (χ1) is 6.26. The Morgan fingerprint density at radius 3 is 2.46 bits per heavy atom. The highest BCUT2D eigenvalue weighted by atomic mass is 35.5. The number of hydrogen-bond donors (Lipinski definition) is 0. The standard InChI is InChI=1S/C11H16ClN/c1-3-13(4-2)9-10-6-5-7-11(12)8-10/h5-8H,3-4,9H2,1-2H3. The fourth-order valence-electron chi connectivity index (χ4n) is 1.34. The van der Waals surface area contributed by atoms with Crippen LogP contribution >= 0.6 is 11.6 Å². The zero-order valence-electron chi connectivity index (χ0n) is 8.26. The van der Waals surface area contributed by atoms with Crippen LogP contribution in [0, 0.1) is 0 Å². The third kappa shape index (κ3) is 3.37. The Labute approximate surface area is 85.3 Å². The van der Waals surface area contributed by atoms with Crippen molar-refractivity contribution in [3.05, 3.63) is 34.9 Å². The maximum atomic E-state index is 5.90.